The van der Waals surface area contributed by atoms with Crippen molar-refractivity contribution in [1.82, 2.24) is 0 Å². The van der Waals surface area contributed by atoms with E-state index in [1.165, 1.54) is 12.1 Å². The zero-order valence-corrected chi connectivity index (χ0v) is 7.88. The highest BCUT2D eigenvalue weighted by atomic mass is 16.4. The van der Waals surface area contributed by atoms with Crippen LogP contribution in [-0.2, 0) is 9.59 Å². The van der Waals surface area contributed by atoms with E-state index < -0.39 is 24.3 Å². The number of nitrogen functional groups attached to an aromatic ring is 1. The summed E-state index contributed by atoms with van der Waals surface area (Å²) < 4.78 is 0. The summed E-state index contributed by atoms with van der Waals surface area (Å²) in [6.07, 6.45) is -0.431. The van der Waals surface area contributed by atoms with Gasteiger partial charge in [0.1, 0.15) is 0 Å². The number of anilines is 1. The molecule has 0 saturated heterocycles. The fourth-order valence-electron chi connectivity index (χ4n) is 1.25. The van der Waals surface area contributed by atoms with Crippen molar-refractivity contribution in [1.29, 1.82) is 0 Å². The van der Waals surface area contributed by atoms with Gasteiger partial charge in [0, 0.05) is 5.69 Å². The second kappa shape index (κ2) is 4.45. The molecule has 80 valence electrons. The van der Waals surface area contributed by atoms with Crippen LogP contribution in [0, 0.1) is 0 Å². The molecule has 0 unspecified atom stereocenters. The van der Waals surface area contributed by atoms with E-state index in [4.69, 9.17) is 15.9 Å². The van der Waals surface area contributed by atoms with E-state index in [-0.39, 0.29) is 0 Å². The Labute approximate surface area is 86.1 Å². The molecule has 1 atom stereocenters. The Hall–Kier alpha value is -2.04. The highest BCUT2D eigenvalue weighted by Gasteiger charge is 2.22. The van der Waals surface area contributed by atoms with Crippen LogP contribution >= 0.6 is 0 Å². The summed E-state index contributed by atoms with van der Waals surface area (Å²) in [7, 11) is 0. The Morgan fingerprint density at radius 3 is 2.13 bits per heavy atom. The number of carbonyl (C=O) groups is 2. The van der Waals surface area contributed by atoms with Gasteiger partial charge in [0.2, 0.25) is 0 Å². The molecule has 4 N–H and O–H groups in total. The first-order valence-electron chi connectivity index (χ1n) is 4.30. The zero-order valence-electron chi connectivity index (χ0n) is 7.88. The Morgan fingerprint density at radius 1 is 1.20 bits per heavy atom. The van der Waals surface area contributed by atoms with Gasteiger partial charge < -0.3 is 15.9 Å². The molecule has 0 saturated carbocycles. The van der Waals surface area contributed by atoms with E-state index in [9.17, 15) is 9.59 Å². The van der Waals surface area contributed by atoms with Crippen LogP contribution in [0.3, 0.4) is 0 Å². The van der Waals surface area contributed by atoms with Gasteiger partial charge in [0.05, 0.1) is 12.3 Å². The van der Waals surface area contributed by atoms with Gasteiger partial charge >= 0.3 is 11.9 Å². The molecule has 0 bridgehead atoms. The lowest BCUT2D eigenvalue weighted by Crippen LogP contribution is -2.15. The molecular weight excluding hydrogens is 198 g/mol. The summed E-state index contributed by atoms with van der Waals surface area (Å²) >= 11 is 0. The minimum atomic E-state index is -1.15. The maximum atomic E-state index is 10.8. The normalized spacial score (nSPS) is 12.0. The van der Waals surface area contributed by atoms with Crippen molar-refractivity contribution in [2.75, 3.05) is 5.73 Å². The van der Waals surface area contributed by atoms with Gasteiger partial charge in [-0.25, -0.2) is 0 Å². The lowest BCUT2D eigenvalue weighted by molar-refractivity contribution is -0.145. The predicted octanol–water partition coefficient (Wildman–Crippen LogP) is 0.912. The first kappa shape index (κ1) is 11.0. The van der Waals surface area contributed by atoms with Crippen LogP contribution in [-0.4, -0.2) is 22.2 Å². The van der Waals surface area contributed by atoms with Crippen LogP contribution < -0.4 is 5.73 Å². The third-order valence-corrected chi connectivity index (χ3v) is 2.02. The fraction of sp³-hybridized carbons (Fsp3) is 0.200. The van der Waals surface area contributed by atoms with E-state index in [0.29, 0.717) is 11.3 Å². The molecule has 15 heavy (non-hydrogen) atoms. The number of hydrogen-bond donors (Lipinski definition) is 3. The van der Waals surface area contributed by atoms with Crippen LogP contribution in [0.2, 0.25) is 0 Å². The second-order valence-electron chi connectivity index (χ2n) is 3.16. The molecule has 0 fully saturated rings. The number of carboxylic acid groups (broad SMARTS) is 2. The minimum Gasteiger partial charge on any atom is -0.481 e. The van der Waals surface area contributed by atoms with Crippen molar-refractivity contribution in [2.45, 2.75) is 12.3 Å². The summed E-state index contributed by atoms with van der Waals surface area (Å²) in [6, 6.07) is 6.15. The molecule has 0 radical (unpaired) electrons. The highest BCUT2D eigenvalue weighted by Crippen LogP contribution is 2.21. The standard InChI is InChI=1S/C10H11NO4/c11-7-3-1-6(2-4-7)8(10(14)15)5-9(12)13/h1-4,8H,5,11H2,(H,12,13)(H,14,15)/t8-/m1/s1. The molecule has 1 rings (SSSR count). The Kier molecular flexibility index (Phi) is 3.28. The fourth-order valence-corrected chi connectivity index (χ4v) is 1.25. The summed E-state index contributed by atoms with van der Waals surface area (Å²) in [5.74, 6) is -3.32. The van der Waals surface area contributed by atoms with E-state index in [1.54, 1.807) is 12.1 Å². The number of carboxylic acids is 2. The summed E-state index contributed by atoms with van der Waals surface area (Å²) in [4.78, 5) is 21.3. The van der Waals surface area contributed by atoms with Crippen LogP contribution in [0.5, 0.6) is 0 Å². The third kappa shape index (κ3) is 2.98. The van der Waals surface area contributed by atoms with Crippen molar-refractivity contribution < 1.29 is 19.8 Å². The lowest BCUT2D eigenvalue weighted by atomic mass is 9.96. The molecule has 5 nitrogen and oxygen atoms in total. The topological polar surface area (TPSA) is 101 Å². The monoisotopic (exact) mass is 209 g/mol. The molecule has 1 aromatic rings. The third-order valence-electron chi connectivity index (χ3n) is 2.02. The van der Waals surface area contributed by atoms with Crippen molar-refractivity contribution in [3.05, 3.63) is 29.8 Å². The van der Waals surface area contributed by atoms with Gasteiger partial charge in [-0.15, -0.1) is 0 Å². The largest absolute Gasteiger partial charge is 0.481 e. The average molecular weight is 209 g/mol. The van der Waals surface area contributed by atoms with E-state index in [2.05, 4.69) is 0 Å². The van der Waals surface area contributed by atoms with Gasteiger partial charge in [0.25, 0.3) is 0 Å². The van der Waals surface area contributed by atoms with Crippen molar-refractivity contribution >= 4 is 17.6 Å². The predicted molar refractivity (Wildman–Crippen MR) is 53.5 cm³/mol. The molecule has 0 aromatic heterocycles. The molecule has 0 amide bonds. The van der Waals surface area contributed by atoms with E-state index >= 15 is 0 Å². The molecule has 1 aromatic carbocycles. The smallest absolute Gasteiger partial charge is 0.311 e. The number of benzene rings is 1. The van der Waals surface area contributed by atoms with Crippen molar-refractivity contribution in [3.8, 4) is 0 Å². The zero-order chi connectivity index (χ0) is 11.4. The summed E-state index contributed by atoms with van der Waals surface area (Å²) in [6.45, 7) is 0. The molecule has 0 aliphatic carbocycles. The van der Waals surface area contributed by atoms with Gasteiger partial charge in [-0.05, 0) is 17.7 Å². The Balaban J connectivity index is 2.94. The minimum absolute atomic E-state index is 0.431. The molecule has 0 aliphatic heterocycles. The summed E-state index contributed by atoms with van der Waals surface area (Å²) in [5, 5.41) is 17.4. The highest BCUT2D eigenvalue weighted by molar-refractivity contribution is 5.82. The first-order valence-corrected chi connectivity index (χ1v) is 4.30. The number of hydrogen-bond acceptors (Lipinski definition) is 3. The number of rotatable bonds is 4. The molecule has 0 spiro atoms. The Bertz CT molecular complexity index is 372. The van der Waals surface area contributed by atoms with Crippen molar-refractivity contribution in [3.63, 3.8) is 0 Å². The van der Waals surface area contributed by atoms with Gasteiger partial charge in [0.15, 0.2) is 0 Å². The first-order chi connectivity index (χ1) is 7.00. The number of aliphatic carboxylic acids is 2. The molecule has 0 aliphatic rings. The number of nitrogens with two attached hydrogens (primary N) is 1. The lowest BCUT2D eigenvalue weighted by Gasteiger charge is -2.09. The van der Waals surface area contributed by atoms with Crippen LogP contribution in [0.25, 0.3) is 0 Å². The van der Waals surface area contributed by atoms with E-state index in [1.807, 2.05) is 0 Å². The quantitative estimate of drug-likeness (QED) is 0.640. The molecule has 5 heteroatoms. The van der Waals surface area contributed by atoms with Crippen molar-refractivity contribution in [2.24, 2.45) is 0 Å². The molecular formula is C10H11NO4. The maximum Gasteiger partial charge on any atom is 0.311 e. The SMILES string of the molecule is Nc1ccc([C@@H](CC(=O)O)C(=O)O)cc1. The van der Waals surface area contributed by atoms with E-state index in [0.717, 1.165) is 0 Å². The van der Waals surface area contributed by atoms with Gasteiger partial charge in [-0.1, -0.05) is 12.1 Å². The van der Waals surface area contributed by atoms with Gasteiger partial charge in [-0.3, -0.25) is 9.59 Å². The maximum absolute atomic E-state index is 10.8. The van der Waals surface area contributed by atoms with Crippen LogP contribution in [0.15, 0.2) is 24.3 Å². The van der Waals surface area contributed by atoms with Gasteiger partial charge in [-0.2, -0.15) is 0 Å². The second-order valence-corrected chi connectivity index (χ2v) is 3.16. The van der Waals surface area contributed by atoms with Crippen LogP contribution in [0.4, 0.5) is 5.69 Å². The Morgan fingerprint density at radius 2 is 1.73 bits per heavy atom. The molecule has 0 heterocycles. The average Bonchev–Trinajstić information content (AvgIpc) is 2.15. The van der Waals surface area contributed by atoms with Crippen LogP contribution in [0.1, 0.15) is 17.9 Å². The summed E-state index contributed by atoms with van der Waals surface area (Å²) in [5.41, 5.74) is 6.40.